The number of likely N-dealkylation sites (tertiary alicyclic amines) is 1. The van der Waals surface area contributed by atoms with Crippen molar-refractivity contribution in [2.24, 2.45) is 0 Å². The van der Waals surface area contributed by atoms with Gasteiger partial charge in [-0.1, -0.05) is 11.2 Å². The minimum atomic E-state index is -0.00381. The quantitative estimate of drug-likeness (QED) is 0.651. The van der Waals surface area contributed by atoms with Crippen LogP contribution in [0.4, 0.5) is 0 Å². The van der Waals surface area contributed by atoms with Gasteiger partial charge in [0.2, 0.25) is 5.89 Å². The molecule has 4 rings (SSSR count). The van der Waals surface area contributed by atoms with Gasteiger partial charge in [-0.15, -0.1) is 11.3 Å². The Morgan fingerprint density at radius 2 is 2.25 bits per heavy atom. The predicted octanol–water partition coefficient (Wildman–Crippen LogP) is 3.74. The van der Waals surface area contributed by atoms with Gasteiger partial charge in [0.25, 0.3) is 5.91 Å². The normalized spacial score (nSPS) is 16.9. The minimum absolute atomic E-state index is 0.00381. The van der Waals surface area contributed by atoms with Crippen LogP contribution in [-0.2, 0) is 6.61 Å². The van der Waals surface area contributed by atoms with Gasteiger partial charge in [0, 0.05) is 24.0 Å². The smallest absolute Gasteiger partial charge is 0.254 e. The van der Waals surface area contributed by atoms with Crippen LogP contribution in [0.3, 0.4) is 0 Å². The second-order valence-corrected chi connectivity index (χ2v) is 8.01. The summed E-state index contributed by atoms with van der Waals surface area (Å²) in [6.07, 6.45) is 1.86. The number of carbonyl (C=O) groups excluding carboxylic acids is 1. The van der Waals surface area contributed by atoms with Gasteiger partial charge in [0.05, 0.1) is 16.6 Å². The molecule has 0 spiro atoms. The Balaban J connectivity index is 1.42. The van der Waals surface area contributed by atoms with Crippen molar-refractivity contribution in [1.82, 2.24) is 20.0 Å². The molecule has 1 amide bonds. The highest BCUT2D eigenvalue weighted by molar-refractivity contribution is 7.09. The Labute approximate surface area is 167 Å². The zero-order valence-corrected chi connectivity index (χ0v) is 16.7. The van der Waals surface area contributed by atoms with Crippen LogP contribution in [0.5, 0.6) is 5.75 Å². The first-order chi connectivity index (χ1) is 13.6. The van der Waals surface area contributed by atoms with Crippen molar-refractivity contribution in [2.45, 2.75) is 39.2 Å². The van der Waals surface area contributed by atoms with Gasteiger partial charge in [-0.05, 0) is 44.9 Å². The number of carbonyl (C=O) groups is 1. The number of aryl methyl sites for hydroxylation is 2. The number of aromatic nitrogens is 3. The maximum Gasteiger partial charge on any atom is 0.254 e. The number of piperidine rings is 1. The highest BCUT2D eigenvalue weighted by Crippen LogP contribution is 2.27. The van der Waals surface area contributed by atoms with Gasteiger partial charge >= 0.3 is 0 Å². The van der Waals surface area contributed by atoms with Crippen LogP contribution in [-0.4, -0.2) is 39.0 Å². The molecule has 2 aromatic heterocycles. The van der Waals surface area contributed by atoms with E-state index in [0.717, 1.165) is 30.1 Å². The van der Waals surface area contributed by atoms with E-state index in [9.17, 15) is 4.79 Å². The van der Waals surface area contributed by atoms with Gasteiger partial charge in [0.15, 0.2) is 5.82 Å². The first-order valence-electron chi connectivity index (χ1n) is 9.32. The largest absolute Gasteiger partial charge is 0.487 e. The molecule has 0 bridgehead atoms. The van der Waals surface area contributed by atoms with Crippen molar-refractivity contribution in [2.75, 3.05) is 13.1 Å². The molecule has 0 aliphatic carbocycles. The first kappa shape index (κ1) is 18.6. The van der Waals surface area contributed by atoms with Crippen molar-refractivity contribution in [3.63, 3.8) is 0 Å². The third-order valence-electron chi connectivity index (χ3n) is 4.74. The first-order valence-corrected chi connectivity index (χ1v) is 10.2. The maximum atomic E-state index is 13.0. The second kappa shape index (κ2) is 8.10. The van der Waals surface area contributed by atoms with E-state index in [0.29, 0.717) is 36.2 Å². The topological polar surface area (TPSA) is 81.4 Å². The lowest BCUT2D eigenvalue weighted by Gasteiger charge is -2.31. The zero-order chi connectivity index (χ0) is 19.5. The molecular formula is C20H22N4O3S. The van der Waals surface area contributed by atoms with Gasteiger partial charge in [-0.2, -0.15) is 4.98 Å². The van der Waals surface area contributed by atoms with E-state index < -0.39 is 0 Å². The molecule has 3 heterocycles. The fraction of sp³-hybridized carbons (Fsp3) is 0.400. The Bertz CT molecular complexity index is 968. The average Bonchev–Trinajstić information content (AvgIpc) is 3.34. The van der Waals surface area contributed by atoms with Crippen molar-refractivity contribution < 1.29 is 14.1 Å². The molecule has 1 aliphatic rings. The summed E-state index contributed by atoms with van der Waals surface area (Å²) in [5.41, 5.74) is 1.52. The van der Waals surface area contributed by atoms with Crippen LogP contribution >= 0.6 is 11.3 Å². The van der Waals surface area contributed by atoms with E-state index >= 15 is 0 Å². The molecule has 1 atom stereocenters. The number of hydrogen-bond donors (Lipinski definition) is 0. The summed E-state index contributed by atoms with van der Waals surface area (Å²) in [6, 6.07) is 7.32. The maximum absolute atomic E-state index is 13.0. The van der Waals surface area contributed by atoms with E-state index in [4.69, 9.17) is 9.26 Å². The van der Waals surface area contributed by atoms with Crippen LogP contribution in [0, 0.1) is 13.8 Å². The van der Waals surface area contributed by atoms with Crippen molar-refractivity contribution in [3.8, 4) is 5.75 Å². The molecule has 3 aromatic rings. The summed E-state index contributed by atoms with van der Waals surface area (Å²) in [4.78, 5) is 23.6. The summed E-state index contributed by atoms with van der Waals surface area (Å²) in [6.45, 7) is 5.48. The Kier molecular flexibility index (Phi) is 5.38. The van der Waals surface area contributed by atoms with Crippen LogP contribution in [0.2, 0.25) is 0 Å². The van der Waals surface area contributed by atoms with Crippen LogP contribution in [0.1, 0.15) is 51.5 Å². The SMILES string of the molecule is Cc1noc(C2CCCN(C(=O)c3cccc(OCc4csc(C)n4)c3)C2)n1. The van der Waals surface area contributed by atoms with Gasteiger partial charge in [0.1, 0.15) is 12.4 Å². The standard InChI is InChI=1S/C20H22N4O3S/c1-13-21-19(27-23-13)16-6-4-8-24(10-16)20(25)15-5-3-7-18(9-15)26-11-17-12-28-14(2)22-17/h3,5,7,9,12,16H,4,6,8,10-11H2,1-2H3. The van der Waals surface area contributed by atoms with Gasteiger partial charge < -0.3 is 14.2 Å². The lowest BCUT2D eigenvalue weighted by atomic mass is 9.97. The molecule has 28 heavy (non-hydrogen) atoms. The van der Waals surface area contributed by atoms with Crippen LogP contribution in [0.15, 0.2) is 34.2 Å². The molecule has 7 nitrogen and oxygen atoms in total. The number of nitrogens with zero attached hydrogens (tertiary/aromatic N) is 4. The number of thiazole rings is 1. The minimum Gasteiger partial charge on any atom is -0.487 e. The van der Waals surface area contributed by atoms with E-state index in [1.165, 1.54) is 0 Å². The van der Waals surface area contributed by atoms with Gasteiger partial charge in [-0.25, -0.2) is 4.98 Å². The number of amides is 1. The number of ether oxygens (including phenoxy) is 1. The van der Waals surface area contributed by atoms with E-state index in [1.54, 1.807) is 24.3 Å². The number of rotatable bonds is 5. The molecule has 0 saturated carbocycles. The highest BCUT2D eigenvalue weighted by atomic mass is 32.1. The summed E-state index contributed by atoms with van der Waals surface area (Å²) < 4.78 is 11.1. The monoisotopic (exact) mass is 398 g/mol. The summed E-state index contributed by atoms with van der Waals surface area (Å²) in [5.74, 6) is 1.99. The van der Waals surface area contributed by atoms with Crippen molar-refractivity contribution in [3.05, 3.63) is 57.6 Å². The lowest BCUT2D eigenvalue weighted by Crippen LogP contribution is -2.39. The van der Waals surface area contributed by atoms with E-state index in [1.807, 2.05) is 35.4 Å². The van der Waals surface area contributed by atoms with Crippen molar-refractivity contribution >= 4 is 17.2 Å². The molecular weight excluding hydrogens is 376 g/mol. The highest BCUT2D eigenvalue weighted by Gasteiger charge is 2.28. The molecule has 1 unspecified atom stereocenters. The number of hydrogen-bond acceptors (Lipinski definition) is 7. The molecule has 146 valence electrons. The summed E-state index contributed by atoms with van der Waals surface area (Å²) in [7, 11) is 0. The molecule has 8 heteroatoms. The Hall–Kier alpha value is -2.74. The fourth-order valence-electron chi connectivity index (χ4n) is 3.38. The third-order valence-corrected chi connectivity index (χ3v) is 5.56. The molecule has 0 radical (unpaired) electrons. The van der Waals surface area contributed by atoms with Crippen LogP contribution < -0.4 is 4.74 Å². The zero-order valence-electron chi connectivity index (χ0n) is 15.9. The average molecular weight is 398 g/mol. The molecule has 0 N–H and O–H groups in total. The second-order valence-electron chi connectivity index (χ2n) is 6.94. The summed E-state index contributed by atoms with van der Waals surface area (Å²) in [5, 5.41) is 6.86. The fourth-order valence-corrected chi connectivity index (χ4v) is 3.97. The Morgan fingerprint density at radius 1 is 1.36 bits per heavy atom. The number of benzene rings is 1. The predicted molar refractivity (Wildman–Crippen MR) is 105 cm³/mol. The lowest BCUT2D eigenvalue weighted by molar-refractivity contribution is 0.0695. The van der Waals surface area contributed by atoms with Crippen LogP contribution in [0.25, 0.3) is 0 Å². The van der Waals surface area contributed by atoms with Gasteiger partial charge in [-0.3, -0.25) is 4.79 Å². The third kappa shape index (κ3) is 4.22. The van der Waals surface area contributed by atoms with Crippen molar-refractivity contribution in [1.29, 1.82) is 0 Å². The molecule has 1 aliphatic heterocycles. The Morgan fingerprint density at radius 3 is 3.00 bits per heavy atom. The van der Waals surface area contributed by atoms with E-state index in [-0.39, 0.29) is 11.8 Å². The van der Waals surface area contributed by atoms with E-state index in [2.05, 4.69) is 15.1 Å². The summed E-state index contributed by atoms with van der Waals surface area (Å²) >= 11 is 1.60. The molecule has 1 fully saturated rings. The molecule has 1 aromatic carbocycles. The molecule has 1 saturated heterocycles.